The lowest BCUT2D eigenvalue weighted by Crippen LogP contribution is -2.53. The molecule has 0 saturated carbocycles. The van der Waals surface area contributed by atoms with Gasteiger partial charge in [-0.1, -0.05) is 0 Å². The van der Waals surface area contributed by atoms with Crippen molar-refractivity contribution in [2.75, 3.05) is 39.3 Å². The minimum absolute atomic E-state index is 0. The quantitative estimate of drug-likeness (QED) is 0.747. The summed E-state index contributed by atoms with van der Waals surface area (Å²) in [5.41, 5.74) is 5.88. The molecule has 1 atom stereocenters. The van der Waals surface area contributed by atoms with Crippen LogP contribution in [-0.4, -0.2) is 65.8 Å². The Labute approximate surface area is 105 Å². The maximum absolute atomic E-state index is 9.28. The second-order valence-electron chi connectivity index (χ2n) is 5.41. The molecule has 1 fully saturated rings. The van der Waals surface area contributed by atoms with E-state index in [9.17, 15) is 5.11 Å². The molecule has 3 N–H and O–H groups in total. The van der Waals surface area contributed by atoms with E-state index < -0.39 is 0 Å². The minimum atomic E-state index is -0.220. The Morgan fingerprint density at radius 3 is 2.00 bits per heavy atom. The standard InChI is InChI=1S/C11H25N3O.ClH/c1-10(15)8-13-4-6-14(7-5-13)9-11(2,3)12;/h10,15H,4-9,12H2,1-3H3;1H/t10-;/m0./s1. The van der Waals surface area contributed by atoms with Crippen molar-refractivity contribution in [3.8, 4) is 0 Å². The largest absolute Gasteiger partial charge is 0.392 e. The second-order valence-corrected chi connectivity index (χ2v) is 5.41. The van der Waals surface area contributed by atoms with Crippen LogP contribution in [0.4, 0.5) is 0 Å². The number of hydrogen-bond acceptors (Lipinski definition) is 4. The maximum Gasteiger partial charge on any atom is 0.0639 e. The molecule has 1 aliphatic rings. The van der Waals surface area contributed by atoms with Gasteiger partial charge in [0.05, 0.1) is 6.10 Å². The van der Waals surface area contributed by atoms with Crippen molar-refractivity contribution in [2.24, 2.45) is 5.73 Å². The molecule has 0 aliphatic carbocycles. The molecule has 0 aromatic heterocycles. The Hall–Kier alpha value is 0.130. The number of hydrogen-bond donors (Lipinski definition) is 2. The predicted octanol–water partition coefficient (Wildman–Crippen LogP) is 0.144. The summed E-state index contributed by atoms with van der Waals surface area (Å²) in [6.45, 7) is 11.9. The molecule has 1 rings (SSSR count). The van der Waals surface area contributed by atoms with Crippen LogP contribution in [-0.2, 0) is 0 Å². The molecule has 0 amide bonds. The molecular weight excluding hydrogens is 226 g/mol. The third-order valence-electron chi connectivity index (χ3n) is 2.62. The lowest BCUT2D eigenvalue weighted by molar-refractivity contribution is 0.0738. The first-order chi connectivity index (χ1) is 6.87. The van der Waals surface area contributed by atoms with Crippen molar-refractivity contribution in [1.29, 1.82) is 0 Å². The van der Waals surface area contributed by atoms with Crippen LogP contribution in [0.15, 0.2) is 0 Å². The molecule has 1 saturated heterocycles. The zero-order valence-corrected chi connectivity index (χ0v) is 11.5. The number of β-amino-alcohol motifs (C(OH)–C–C–N with tert-alkyl or cyclic N) is 1. The average molecular weight is 252 g/mol. The van der Waals surface area contributed by atoms with Crippen LogP contribution in [0, 0.1) is 0 Å². The summed E-state index contributed by atoms with van der Waals surface area (Å²) in [5.74, 6) is 0. The number of halogens is 1. The van der Waals surface area contributed by atoms with E-state index in [0.29, 0.717) is 0 Å². The van der Waals surface area contributed by atoms with Gasteiger partial charge in [-0.05, 0) is 20.8 Å². The Morgan fingerprint density at radius 2 is 1.62 bits per heavy atom. The van der Waals surface area contributed by atoms with Crippen LogP contribution in [0.3, 0.4) is 0 Å². The second kappa shape index (κ2) is 6.77. The van der Waals surface area contributed by atoms with Gasteiger partial charge in [0, 0.05) is 44.8 Å². The van der Waals surface area contributed by atoms with E-state index in [0.717, 1.165) is 39.3 Å². The van der Waals surface area contributed by atoms with E-state index in [4.69, 9.17) is 5.73 Å². The molecule has 0 spiro atoms. The SMILES string of the molecule is C[C@H](O)CN1CCN(CC(C)(C)N)CC1.Cl. The molecule has 16 heavy (non-hydrogen) atoms. The summed E-state index contributed by atoms with van der Waals surface area (Å²) in [4.78, 5) is 4.71. The van der Waals surface area contributed by atoms with Crippen LogP contribution in [0.1, 0.15) is 20.8 Å². The molecule has 5 heteroatoms. The highest BCUT2D eigenvalue weighted by Gasteiger charge is 2.21. The number of aliphatic hydroxyl groups is 1. The zero-order chi connectivity index (χ0) is 11.5. The maximum atomic E-state index is 9.28. The molecule has 0 radical (unpaired) electrons. The molecule has 1 aliphatic heterocycles. The summed E-state index contributed by atoms with van der Waals surface area (Å²) in [6, 6.07) is 0. The summed E-state index contributed by atoms with van der Waals surface area (Å²) < 4.78 is 0. The highest BCUT2D eigenvalue weighted by Crippen LogP contribution is 2.07. The van der Waals surface area contributed by atoms with Gasteiger partial charge >= 0.3 is 0 Å². The number of nitrogens with two attached hydrogens (primary N) is 1. The molecule has 0 unspecified atom stereocenters. The first-order valence-corrected chi connectivity index (χ1v) is 5.78. The smallest absolute Gasteiger partial charge is 0.0639 e. The number of nitrogens with zero attached hydrogens (tertiary/aromatic N) is 2. The first-order valence-electron chi connectivity index (χ1n) is 5.78. The Bertz CT molecular complexity index is 186. The molecule has 0 bridgehead atoms. The van der Waals surface area contributed by atoms with E-state index in [1.165, 1.54) is 0 Å². The third-order valence-corrected chi connectivity index (χ3v) is 2.62. The van der Waals surface area contributed by atoms with E-state index >= 15 is 0 Å². The fraction of sp³-hybridized carbons (Fsp3) is 1.00. The number of aliphatic hydroxyl groups excluding tert-OH is 1. The fourth-order valence-corrected chi connectivity index (χ4v) is 2.08. The molecule has 0 aromatic carbocycles. The highest BCUT2D eigenvalue weighted by molar-refractivity contribution is 5.85. The predicted molar refractivity (Wildman–Crippen MR) is 70.1 cm³/mol. The Morgan fingerprint density at radius 1 is 1.19 bits per heavy atom. The van der Waals surface area contributed by atoms with E-state index in [2.05, 4.69) is 23.6 Å². The van der Waals surface area contributed by atoms with Gasteiger partial charge in [0.25, 0.3) is 0 Å². The van der Waals surface area contributed by atoms with E-state index in [-0.39, 0.29) is 24.0 Å². The van der Waals surface area contributed by atoms with Crippen molar-refractivity contribution in [2.45, 2.75) is 32.4 Å². The van der Waals surface area contributed by atoms with Crippen LogP contribution in [0.2, 0.25) is 0 Å². The minimum Gasteiger partial charge on any atom is -0.392 e. The number of piperazine rings is 1. The van der Waals surface area contributed by atoms with Gasteiger partial charge in [-0.25, -0.2) is 0 Å². The lowest BCUT2D eigenvalue weighted by Gasteiger charge is -2.38. The van der Waals surface area contributed by atoms with Gasteiger partial charge in [-0.3, -0.25) is 9.80 Å². The molecule has 98 valence electrons. The van der Waals surface area contributed by atoms with Crippen LogP contribution < -0.4 is 5.73 Å². The zero-order valence-electron chi connectivity index (χ0n) is 10.6. The molecule has 1 heterocycles. The summed E-state index contributed by atoms with van der Waals surface area (Å²) in [5, 5.41) is 9.28. The Balaban J connectivity index is 0.00000225. The molecular formula is C11H26ClN3O. The van der Waals surface area contributed by atoms with Gasteiger partial charge < -0.3 is 10.8 Å². The van der Waals surface area contributed by atoms with Crippen LogP contribution in [0.5, 0.6) is 0 Å². The molecule has 4 nitrogen and oxygen atoms in total. The van der Waals surface area contributed by atoms with Crippen LogP contribution >= 0.6 is 12.4 Å². The van der Waals surface area contributed by atoms with Crippen molar-refractivity contribution < 1.29 is 5.11 Å². The average Bonchev–Trinajstić information content (AvgIpc) is 2.05. The van der Waals surface area contributed by atoms with Crippen molar-refractivity contribution in [3.63, 3.8) is 0 Å². The monoisotopic (exact) mass is 251 g/mol. The summed E-state index contributed by atoms with van der Waals surface area (Å²) >= 11 is 0. The normalized spacial score (nSPS) is 21.6. The highest BCUT2D eigenvalue weighted by atomic mass is 35.5. The van der Waals surface area contributed by atoms with Crippen molar-refractivity contribution in [3.05, 3.63) is 0 Å². The Kier molecular flexibility index (Phi) is 6.82. The molecule has 0 aromatic rings. The summed E-state index contributed by atoms with van der Waals surface area (Å²) in [7, 11) is 0. The number of rotatable bonds is 4. The van der Waals surface area contributed by atoms with Gasteiger partial charge in [0.2, 0.25) is 0 Å². The topological polar surface area (TPSA) is 52.7 Å². The third kappa shape index (κ3) is 6.66. The fourth-order valence-electron chi connectivity index (χ4n) is 2.08. The lowest BCUT2D eigenvalue weighted by atomic mass is 10.1. The van der Waals surface area contributed by atoms with Crippen molar-refractivity contribution in [1.82, 2.24) is 9.80 Å². The van der Waals surface area contributed by atoms with Gasteiger partial charge in [-0.2, -0.15) is 0 Å². The van der Waals surface area contributed by atoms with Crippen molar-refractivity contribution >= 4 is 12.4 Å². The van der Waals surface area contributed by atoms with Crippen LogP contribution in [0.25, 0.3) is 0 Å². The van der Waals surface area contributed by atoms with E-state index in [1.54, 1.807) is 0 Å². The first kappa shape index (κ1) is 16.1. The van der Waals surface area contributed by atoms with Gasteiger partial charge in [0.15, 0.2) is 0 Å². The van der Waals surface area contributed by atoms with E-state index in [1.807, 2.05) is 6.92 Å². The van der Waals surface area contributed by atoms with Gasteiger partial charge in [0.1, 0.15) is 0 Å². The van der Waals surface area contributed by atoms with Gasteiger partial charge in [-0.15, -0.1) is 12.4 Å². The summed E-state index contributed by atoms with van der Waals surface area (Å²) in [6.07, 6.45) is -0.220.